The van der Waals surface area contributed by atoms with E-state index in [0.29, 0.717) is 0 Å². The van der Waals surface area contributed by atoms with Crippen LogP contribution in [0.5, 0.6) is 0 Å². The largest absolute Gasteiger partial charge is 0.347 e. The Balaban J connectivity index is 2.01. The van der Waals surface area contributed by atoms with E-state index < -0.39 is 5.69 Å². The molecular weight excluding hydrogens is 264 g/mol. The second-order valence-electron chi connectivity index (χ2n) is 3.93. The number of rotatable bonds is 5. The van der Waals surface area contributed by atoms with Crippen molar-refractivity contribution >= 4 is 17.2 Å². The highest BCUT2D eigenvalue weighted by Crippen LogP contribution is 2.18. The average Bonchev–Trinajstić information content (AvgIpc) is 2.92. The Labute approximate surface area is 114 Å². The van der Waals surface area contributed by atoms with Crippen LogP contribution < -0.4 is 11.0 Å². The number of carbonyl (C=O) groups is 1. The molecule has 0 aromatic carbocycles. The predicted molar refractivity (Wildman–Crippen MR) is 71.8 cm³/mol. The SMILES string of the molecule is CCC(NC(=O)Cn1cccnc1=O)c1nccs1. The van der Waals surface area contributed by atoms with Crippen molar-refractivity contribution < 1.29 is 4.79 Å². The highest BCUT2D eigenvalue weighted by atomic mass is 32.1. The van der Waals surface area contributed by atoms with Gasteiger partial charge in [0, 0.05) is 24.0 Å². The molecule has 1 N–H and O–H groups in total. The summed E-state index contributed by atoms with van der Waals surface area (Å²) < 4.78 is 1.27. The van der Waals surface area contributed by atoms with E-state index in [-0.39, 0.29) is 18.5 Å². The van der Waals surface area contributed by atoms with Crippen LogP contribution >= 0.6 is 11.3 Å². The standard InChI is InChI=1S/C12H14N4O2S/c1-2-9(11-13-5-7-19-11)15-10(17)8-16-6-3-4-14-12(16)18/h3-7,9H,2,8H2,1H3,(H,15,17). The monoisotopic (exact) mass is 278 g/mol. The molecule has 1 atom stereocenters. The minimum Gasteiger partial charge on any atom is -0.345 e. The third kappa shape index (κ3) is 3.47. The van der Waals surface area contributed by atoms with Crippen molar-refractivity contribution in [1.82, 2.24) is 19.9 Å². The predicted octanol–water partition coefficient (Wildman–Crippen LogP) is 0.967. The number of hydrogen-bond acceptors (Lipinski definition) is 5. The summed E-state index contributed by atoms with van der Waals surface area (Å²) in [6.07, 6.45) is 5.40. The minimum atomic E-state index is -0.431. The first-order valence-electron chi connectivity index (χ1n) is 5.91. The van der Waals surface area contributed by atoms with Gasteiger partial charge in [0.05, 0.1) is 6.04 Å². The highest BCUT2D eigenvalue weighted by Gasteiger charge is 2.15. The van der Waals surface area contributed by atoms with Crippen LogP contribution in [0.25, 0.3) is 0 Å². The molecule has 0 aliphatic carbocycles. The second kappa shape index (κ2) is 6.24. The quantitative estimate of drug-likeness (QED) is 0.884. The van der Waals surface area contributed by atoms with E-state index in [9.17, 15) is 9.59 Å². The van der Waals surface area contributed by atoms with E-state index >= 15 is 0 Å². The van der Waals surface area contributed by atoms with Crippen molar-refractivity contribution in [2.45, 2.75) is 25.9 Å². The van der Waals surface area contributed by atoms with Gasteiger partial charge in [-0.25, -0.2) is 14.8 Å². The zero-order valence-electron chi connectivity index (χ0n) is 10.4. The number of amides is 1. The number of thiazole rings is 1. The van der Waals surface area contributed by atoms with Gasteiger partial charge in [0.15, 0.2) is 0 Å². The molecule has 19 heavy (non-hydrogen) atoms. The fourth-order valence-electron chi connectivity index (χ4n) is 1.65. The topological polar surface area (TPSA) is 76.9 Å². The summed E-state index contributed by atoms with van der Waals surface area (Å²) in [5.41, 5.74) is -0.431. The van der Waals surface area contributed by atoms with E-state index in [1.165, 1.54) is 22.1 Å². The molecule has 0 saturated carbocycles. The van der Waals surface area contributed by atoms with Gasteiger partial charge in [-0.2, -0.15) is 0 Å². The summed E-state index contributed by atoms with van der Waals surface area (Å²) in [4.78, 5) is 31.1. The molecule has 2 aromatic heterocycles. The lowest BCUT2D eigenvalue weighted by Crippen LogP contribution is -2.34. The molecule has 1 unspecified atom stereocenters. The summed E-state index contributed by atoms with van der Waals surface area (Å²) >= 11 is 1.50. The van der Waals surface area contributed by atoms with Crippen LogP contribution in [0.2, 0.25) is 0 Å². The number of hydrogen-bond donors (Lipinski definition) is 1. The smallest absolute Gasteiger partial charge is 0.345 e. The summed E-state index contributed by atoms with van der Waals surface area (Å²) in [7, 11) is 0. The summed E-state index contributed by atoms with van der Waals surface area (Å²) in [5, 5.41) is 5.61. The number of nitrogens with zero attached hydrogens (tertiary/aromatic N) is 3. The Kier molecular flexibility index (Phi) is 4.40. The van der Waals surface area contributed by atoms with Crippen molar-refractivity contribution in [3.05, 3.63) is 45.5 Å². The molecule has 100 valence electrons. The normalized spacial score (nSPS) is 12.1. The summed E-state index contributed by atoms with van der Waals surface area (Å²) in [6.45, 7) is 1.94. The first kappa shape index (κ1) is 13.4. The molecule has 7 heteroatoms. The maximum Gasteiger partial charge on any atom is 0.347 e. The van der Waals surface area contributed by atoms with Gasteiger partial charge in [-0.05, 0) is 12.5 Å². The third-order valence-electron chi connectivity index (χ3n) is 2.59. The Morgan fingerprint density at radius 3 is 2.95 bits per heavy atom. The van der Waals surface area contributed by atoms with Gasteiger partial charge in [0.2, 0.25) is 5.91 Å². The number of nitrogens with one attached hydrogen (secondary N) is 1. The molecule has 2 rings (SSSR count). The van der Waals surface area contributed by atoms with Crippen LogP contribution in [0, 0.1) is 0 Å². The zero-order valence-corrected chi connectivity index (χ0v) is 11.3. The summed E-state index contributed by atoms with van der Waals surface area (Å²) in [5.74, 6) is -0.225. The van der Waals surface area contributed by atoms with Crippen molar-refractivity contribution in [2.75, 3.05) is 0 Å². The molecular formula is C12H14N4O2S. The first-order valence-corrected chi connectivity index (χ1v) is 6.79. The number of carbonyl (C=O) groups excluding carboxylic acids is 1. The van der Waals surface area contributed by atoms with Gasteiger partial charge >= 0.3 is 5.69 Å². The van der Waals surface area contributed by atoms with E-state index in [2.05, 4.69) is 15.3 Å². The van der Waals surface area contributed by atoms with Gasteiger partial charge in [-0.1, -0.05) is 6.92 Å². The molecule has 0 bridgehead atoms. The van der Waals surface area contributed by atoms with Crippen LogP contribution in [0.15, 0.2) is 34.8 Å². The molecule has 1 amide bonds. The van der Waals surface area contributed by atoms with E-state index in [1.54, 1.807) is 18.5 Å². The maximum atomic E-state index is 11.9. The van der Waals surface area contributed by atoms with Crippen LogP contribution in [-0.2, 0) is 11.3 Å². The molecule has 0 spiro atoms. The van der Waals surface area contributed by atoms with Crippen LogP contribution in [0.4, 0.5) is 0 Å². The lowest BCUT2D eigenvalue weighted by atomic mass is 10.2. The maximum absolute atomic E-state index is 11.9. The van der Waals surface area contributed by atoms with Crippen LogP contribution in [0.1, 0.15) is 24.4 Å². The van der Waals surface area contributed by atoms with Gasteiger partial charge in [-0.15, -0.1) is 11.3 Å². The third-order valence-corrected chi connectivity index (χ3v) is 3.48. The number of aromatic nitrogens is 3. The van der Waals surface area contributed by atoms with E-state index in [4.69, 9.17) is 0 Å². The molecule has 2 heterocycles. The second-order valence-corrected chi connectivity index (χ2v) is 4.86. The Bertz CT molecular complexity index is 594. The van der Waals surface area contributed by atoms with Gasteiger partial charge < -0.3 is 5.32 Å². The zero-order chi connectivity index (χ0) is 13.7. The molecule has 0 radical (unpaired) electrons. The van der Waals surface area contributed by atoms with Gasteiger partial charge in [0.25, 0.3) is 0 Å². The Morgan fingerprint density at radius 1 is 1.47 bits per heavy atom. The van der Waals surface area contributed by atoms with Crippen LogP contribution in [0.3, 0.4) is 0 Å². The van der Waals surface area contributed by atoms with Crippen molar-refractivity contribution in [3.8, 4) is 0 Å². The molecule has 0 fully saturated rings. The molecule has 0 aliphatic heterocycles. The fourth-order valence-corrected chi connectivity index (χ4v) is 2.42. The fraction of sp³-hybridized carbons (Fsp3) is 0.333. The molecule has 2 aromatic rings. The van der Waals surface area contributed by atoms with Crippen molar-refractivity contribution in [1.29, 1.82) is 0 Å². The summed E-state index contributed by atoms with van der Waals surface area (Å²) in [6, 6.07) is 1.51. The van der Waals surface area contributed by atoms with Crippen LogP contribution in [-0.4, -0.2) is 20.4 Å². The lowest BCUT2D eigenvalue weighted by Gasteiger charge is -2.14. The van der Waals surface area contributed by atoms with Gasteiger partial charge in [0.1, 0.15) is 11.6 Å². The average molecular weight is 278 g/mol. The lowest BCUT2D eigenvalue weighted by molar-refractivity contribution is -0.122. The van der Waals surface area contributed by atoms with E-state index in [0.717, 1.165) is 11.4 Å². The van der Waals surface area contributed by atoms with Gasteiger partial charge in [-0.3, -0.25) is 9.36 Å². The Hall–Kier alpha value is -2.02. The first-order chi connectivity index (χ1) is 9.20. The van der Waals surface area contributed by atoms with E-state index in [1.807, 2.05) is 12.3 Å². The minimum absolute atomic E-state index is 0.0332. The van der Waals surface area contributed by atoms with Crippen molar-refractivity contribution in [2.24, 2.45) is 0 Å². The Morgan fingerprint density at radius 2 is 2.32 bits per heavy atom. The van der Waals surface area contributed by atoms with Crippen molar-refractivity contribution in [3.63, 3.8) is 0 Å². The molecule has 0 aliphatic rings. The molecule has 6 nitrogen and oxygen atoms in total. The highest BCUT2D eigenvalue weighted by molar-refractivity contribution is 7.09. The molecule has 0 saturated heterocycles.